The van der Waals surface area contributed by atoms with Crippen LogP contribution in [0.4, 0.5) is 0 Å². The number of aryl methyl sites for hydroxylation is 2. The summed E-state index contributed by atoms with van der Waals surface area (Å²) in [6.07, 6.45) is 0. The monoisotopic (exact) mass is 277 g/mol. The van der Waals surface area contributed by atoms with Crippen molar-refractivity contribution in [3.05, 3.63) is 34.9 Å². The molecule has 1 atom stereocenters. The Balaban J connectivity index is 2.72. The predicted octanol–water partition coefficient (Wildman–Crippen LogP) is 2.76. The lowest BCUT2D eigenvalue weighted by molar-refractivity contribution is -0.156. The van der Waals surface area contributed by atoms with Gasteiger partial charge in [0.15, 0.2) is 0 Å². The highest BCUT2D eigenvalue weighted by Crippen LogP contribution is 2.11. The van der Waals surface area contributed by atoms with E-state index in [1.807, 2.05) is 19.9 Å². The second-order valence-electron chi connectivity index (χ2n) is 6.11. The standard InChI is InChI=1S/C16H23NO3/c1-10-7-11(2)9-13(8-10)14(18)17-12(3)15(19)20-16(4,5)6/h7-9,12H,1-6H3,(H,17,18)/t12-/m1/s1. The van der Waals surface area contributed by atoms with Crippen LogP contribution in [0.2, 0.25) is 0 Å². The van der Waals surface area contributed by atoms with Crippen LogP contribution in [-0.2, 0) is 9.53 Å². The molecule has 4 heteroatoms. The van der Waals surface area contributed by atoms with Gasteiger partial charge >= 0.3 is 5.97 Å². The lowest BCUT2D eigenvalue weighted by Gasteiger charge is -2.22. The summed E-state index contributed by atoms with van der Waals surface area (Å²) < 4.78 is 5.23. The fourth-order valence-electron chi connectivity index (χ4n) is 1.83. The summed E-state index contributed by atoms with van der Waals surface area (Å²) in [6, 6.07) is 4.91. The number of esters is 1. The van der Waals surface area contributed by atoms with E-state index >= 15 is 0 Å². The molecular formula is C16H23NO3. The molecule has 1 N–H and O–H groups in total. The van der Waals surface area contributed by atoms with E-state index in [1.165, 1.54) is 0 Å². The summed E-state index contributed by atoms with van der Waals surface area (Å²) in [5.41, 5.74) is 2.02. The molecule has 4 nitrogen and oxygen atoms in total. The van der Waals surface area contributed by atoms with Crippen molar-refractivity contribution in [2.24, 2.45) is 0 Å². The molecule has 0 fully saturated rings. The highest BCUT2D eigenvalue weighted by Gasteiger charge is 2.23. The van der Waals surface area contributed by atoms with E-state index in [2.05, 4.69) is 5.32 Å². The van der Waals surface area contributed by atoms with Crippen molar-refractivity contribution in [1.29, 1.82) is 0 Å². The van der Waals surface area contributed by atoms with Gasteiger partial charge in [0.05, 0.1) is 0 Å². The number of nitrogens with one attached hydrogen (secondary N) is 1. The van der Waals surface area contributed by atoms with Gasteiger partial charge in [0.1, 0.15) is 11.6 Å². The molecule has 0 saturated carbocycles. The summed E-state index contributed by atoms with van der Waals surface area (Å²) in [7, 11) is 0. The van der Waals surface area contributed by atoms with Crippen LogP contribution < -0.4 is 5.32 Å². The Morgan fingerprint density at radius 1 is 1.10 bits per heavy atom. The smallest absolute Gasteiger partial charge is 0.328 e. The third-order valence-corrected chi connectivity index (χ3v) is 2.59. The highest BCUT2D eigenvalue weighted by atomic mass is 16.6. The molecule has 0 bridgehead atoms. The van der Waals surface area contributed by atoms with Gasteiger partial charge in [-0.2, -0.15) is 0 Å². The Morgan fingerprint density at radius 3 is 2.05 bits per heavy atom. The average Bonchev–Trinajstić information content (AvgIpc) is 2.25. The molecule has 0 unspecified atom stereocenters. The fraction of sp³-hybridized carbons (Fsp3) is 0.500. The molecule has 1 amide bonds. The van der Waals surface area contributed by atoms with Crippen LogP contribution in [0, 0.1) is 13.8 Å². The van der Waals surface area contributed by atoms with Crippen molar-refractivity contribution in [2.45, 2.75) is 53.2 Å². The second kappa shape index (κ2) is 6.07. The van der Waals surface area contributed by atoms with E-state index in [9.17, 15) is 9.59 Å². The molecule has 0 aliphatic carbocycles. The Labute approximate surface area is 120 Å². The number of carbonyl (C=O) groups is 2. The van der Waals surface area contributed by atoms with Gasteiger partial charge in [0.2, 0.25) is 0 Å². The maximum Gasteiger partial charge on any atom is 0.328 e. The Morgan fingerprint density at radius 2 is 1.60 bits per heavy atom. The van der Waals surface area contributed by atoms with Crippen LogP contribution in [0.3, 0.4) is 0 Å². The number of amides is 1. The first-order chi connectivity index (χ1) is 9.08. The van der Waals surface area contributed by atoms with Gasteiger partial charge in [-0.25, -0.2) is 4.79 Å². The lowest BCUT2D eigenvalue weighted by Crippen LogP contribution is -2.42. The third kappa shape index (κ3) is 5.03. The zero-order chi connectivity index (χ0) is 15.5. The summed E-state index contributed by atoms with van der Waals surface area (Å²) in [6.45, 7) is 10.9. The van der Waals surface area contributed by atoms with E-state index in [-0.39, 0.29) is 5.91 Å². The number of hydrogen-bond donors (Lipinski definition) is 1. The van der Waals surface area contributed by atoms with Crippen LogP contribution >= 0.6 is 0 Å². The van der Waals surface area contributed by atoms with Crippen LogP contribution in [0.25, 0.3) is 0 Å². The zero-order valence-electron chi connectivity index (χ0n) is 13.0. The summed E-state index contributed by atoms with van der Waals surface area (Å²) in [4.78, 5) is 23.9. The normalized spacial score (nSPS) is 12.7. The quantitative estimate of drug-likeness (QED) is 0.864. The molecule has 20 heavy (non-hydrogen) atoms. The molecule has 0 spiro atoms. The maximum absolute atomic E-state index is 12.1. The summed E-state index contributed by atoms with van der Waals surface area (Å²) >= 11 is 0. The van der Waals surface area contributed by atoms with Gasteiger partial charge in [0, 0.05) is 5.56 Å². The Hall–Kier alpha value is -1.84. The number of carbonyl (C=O) groups excluding carboxylic acids is 2. The molecule has 0 radical (unpaired) electrons. The first-order valence-electron chi connectivity index (χ1n) is 6.70. The predicted molar refractivity (Wildman–Crippen MR) is 78.7 cm³/mol. The second-order valence-corrected chi connectivity index (χ2v) is 6.11. The average molecular weight is 277 g/mol. The molecule has 0 aliphatic rings. The van der Waals surface area contributed by atoms with E-state index in [0.29, 0.717) is 5.56 Å². The van der Waals surface area contributed by atoms with Crippen molar-refractivity contribution in [2.75, 3.05) is 0 Å². The van der Waals surface area contributed by atoms with E-state index in [4.69, 9.17) is 4.74 Å². The minimum absolute atomic E-state index is 0.268. The van der Waals surface area contributed by atoms with Gasteiger partial charge in [-0.1, -0.05) is 17.2 Å². The van der Waals surface area contributed by atoms with E-state index in [0.717, 1.165) is 11.1 Å². The molecule has 110 valence electrons. The van der Waals surface area contributed by atoms with Crippen molar-refractivity contribution >= 4 is 11.9 Å². The zero-order valence-corrected chi connectivity index (χ0v) is 13.0. The molecular weight excluding hydrogens is 254 g/mol. The van der Waals surface area contributed by atoms with Crippen LogP contribution in [0.15, 0.2) is 18.2 Å². The molecule has 0 aromatic heterocycles. The van der Waals surface area contributed by atoms with E-state index < -0.39 is 17.6 Å². The number of hydrogen-bond acceptors (Lipinski definition) is 3. The third-order valence-electron chi connectivity index (χ3n) is 2.59. The van der Waals surface area contributed by atoms with Gasteiger partial charge < -0.3 is 10.1 Å². The topological polar surface area (TPSA) is 55.4 Å². The number of benzene rings is 1. The SMILES string of the molecule is Cc1cc(C)cc(C(=O)N[C@H](C)C(=O)OC(C)(C)C)c1. The number of rotatable bonds is 3. The summed E-state index contributed by atoms with van der Waals surface area (Å²) in [5.74, 6) is -0.703. The largest absolute Gasteiger partial charge is 0.458 e. The van der Waals surface area contributed by atoms with Gasteiger partial charge in [-0.05, 0) is 53.7 Å². The first kappa shape index (κ1) is 16.2. The van der Waals surface area contributed by atoms with Crippen molar-refractivity contribution in [3.8, 4) is 0 Å². The molecule has 1 aromatic rings. The van der Waals surface area contributed by atoms with Crippen molar-refractivity contribution in [1.82, 2.24) is 5.32 Å². The van der Waals surface area contributed by atoms with Crippen molar-refractivity contribution < 1.29 is 14.3 Å². The fourth-order valence-corrected chi connectivity index (χ4v) is 1.83. The van der Waals surface area contributed by atoms with Crippen LogP contribution in [-0.4, -0.2) is 23.5 Å². The Bertz CT molecular complexity index is 495. The molecule has 0 aliphatic heterocycles. The van der Waals surface area contributed by atoms with Crippen LogP contribution in [0.1, 0.15) is 49.2 Å². The maximum atomic E-state index is 12.1. The van der Waals surface area contributed by atoms with Gasteiger partial charge in [0.25, 0.3) is 5.91 Å². The molecule has 1 aromatic carbocycles. The summed E-state index contributed by atoms with van der Waals surface area (Å²) in [5, 5.41) is 2.66. The Kier molecular flexibility index (Phi) is 4.93. The minimum Gasteiger partial charge on any atom is -0.458 e. The minimum atomic E-state index is -0.678. The lowest BCUT2D eigenvalue weighted by atomic mass is 10.1. The van der Waals surface area contributed by atoms with E-state index in [1.54, 1.807) is 39.8 Å². The van der Waals surface area contributed by atoms with Crippen LogP contribution in [0.5, 0.6) is 0 Å². The number of ether oxygens (including phenoxy) is 1. The van der Waals surface area contributed by atoms with Gasteiger partial charge in [-0.15, -0.1) is 0 Å². The molecule has 0 saturated heterocycles. The molecule has 1 rings (SSSR count). The molecule has 0 heterocycles. The van der Waals surface area contributed by atoms with Crippen molar-refractivity contribution in [3.63, 3.8) is 0 Å². The first-order valence-corrected chi connectivity index (χ1v) is 6.70. The highest BCUT2D eigenvalue weighted by molar-refractivity contribution is 5.97. The van der Waals surface area contributed by atoms with Gasteiger partial charge in [-0.3, -0.25) is 4.79 Å².